The van der Waals surface area contributed by atoms with E-state index in [-0.39, 0.29) is 22.1 Å². The molecule has 25 heavy (non-hydrogen) atoms. The molecular weight excluding hydrogens is 338 g/mol. The summed E-state index contributed by atoms with van der Waals surface area (Å²) in [7, 11) is 0. The number of aliphatic imine (C=N–C) groups is 1. The summed E-state index contributed by atoms with van der Waals surface area (Å²) < 4.78 is 1.64. The minimum atomic E-state index is -0.849. The first-order chi connectivity index (χ1) is 12.0. The Balaban J connectivity index is 2.51. The molecule has 0 aliphatic rings. The Labute approximate surface area is 151 Å². The van der Waals surface area contributed by atoms with Crippen molar-refractivity contribution >= 4 is 29.1 Å². The summed E-state index contributed by atoms with van der Waals surface area (Å²) >= 11 is 5.32. The van der Waals surface area contributed by atoms with Gasteiger partial charge in [0.1, 0.15) is 0 Å². The monoisotopic (exact) mass is 355 g/mol. The summed E-state index contributed by atoms with van der Waals surface area (Å²) in [6.45, 7) is 5.51. The summed E-state index contributed by atoms with van der Waals surface area (Å²) in [5.41, 5.74) is 0.607. The van der Waals surface area contributed by atoms with E-state index < -0.39 is 11.0 Å². The molecule has 2 rings (SSSR count). The highest BCUT2D eigenvalue weighted by Crippen LogP contribution is 2.21. The molecule has 0 aliphatic heterocycles. The van der Waals surface area contributed by atoms with Crippen molar-refractivity contribution in [2.45, 2.75) is 13.0 Å². The van der Waals surface area contributed by atoms with Crippen LogP contribution >= 0.6 is 0 Å². The molecule has 7 heteroatoms. The maximum Gasteiger partial charge on any atom is 0.273 e. The molecule has 0 bridgehead atoms. The highest BCUT2D eigenvalue weighted by molar-refractivity contribution is 7.77. The van der Waals surface area contributed by atoms with Gasteiger partial charge in [-0.25, -0.2) is 0 Å². The van der Waals surface area contributed by atoms with Gasteiger partial charge in [0.25, 0.3) is 5.69 Å². The SMILES string of the molecule is C=CCN=C([S-])[C@@H](C(=O)c1ccc(C)c([N+](=O)[O-])c1)[n+]1ccccc1. The third-order valence-corrected chi connectivity index (χ3v) is 3.94. The van der Waals surface area contributed by atoms with Crippen molar-refractivity contribution < 1.29 is 14.3 Å². The summed E-state index contributed by atoms with van der Waals surface area (Å²) in [5, 5.41) is 11.3. The van der Waals surface area contributed by atoms with Crippen molar-refractivity contribution in [1.82, 2.24) is 0 Å². The normalized spacial score (nSPS) is 12.4. The van der Waals surface area contributed by atoms with E-state index in [9.17, 15) is 14.9 Å². The molecule has 0 fully saturated rings. The Morgan fingerprint density at radius 2 is 2.08 bits per heavy atom. The van der Waals surface area contributed by atoms with Gasteiger partial charge in [0.15, 0.2) is 12.4 Å². The second-order valence-electron chi connectivity index (χ2n) is 5.32. The molecule has 2 aromatic rings. The fourth-order valence-corrected chi connectivity index (χ4v) is 2.62. The minimum absolute atomic E-state index is 0.100. The van der Waals surface area contributed by atoms with Gasteiger partial charge in [-0.1, -0.05) is 24.3 Å². The van der Waals surface area contributed by atoms with Gasteiger partial charge >= 0.3 is 0 Å². The first-order valence-corrected chi connectivity index (χ1v) is 7.93. The van der Waals surface area contributed by atoms with Crippen molar-refractivity contribution in [2.75, 3.05) is 6.54 Å². The van der Waals surface area contributed by atoms with Crippen molar-refractivity contribution in [1.29, 1.82) is 0 Å². The molecule has 128 valence electrons. The van der Waals surface area contributed by atoms with Crippen molar-refractivity contribution in [2.24, 2.45) is 4.99 Å². The molecular formula is C18H17N3O3S. The maximum atomic E-state index is 13.0. The van der Waals surface area contributed by atoms with Crippen LogP contribution < -0.4 is 4.57 Å². The molecule has 1 aromatic heterocycles. The zero-order valence-electron chi connectivity index (χ0n) is 13.7. The number of hydrogen-bond acceptors (Lipinski definition) is 5. The van der Waals surface area contributed by atoms with Gasteiger partial charge in [-0.15, -0.1) is 6.58 Å². The predicted molar refractivity (Wildman–Crippen MR) is 97.7 cm³/mol. The van der Waals surface area contributed by atoms with Crippen LogP contribution in [0.2, 0.25) is 0 Å². The smallest absolute Gasteiger partial charge is 0.273 e. The van der Waals surface area contributed by atoms with Crippen LogP contribution in [0.4, 0.5) is 5.69 Å². The number of ketones is 1. The lowest BCUT2D eigenvalue weighted by Crippen LogP contribution is -2.47. The zero-order valence-corrected chi connectivity index (χ0v) is 14.5. The van der Waals surface area contributed by atoms with Crippen LogP contribution in [-0.4, -0.2) is 22.3 Å². The van der Waals surface area contributed by atoms with Crippen molar-refractivity contribution in [3.8, 4) is 0 Å². The molecule has 0 saturated carbocycles. The number of aromatic nitrogens is 1. The van der Waals surface area contributed by atoms with Crippen LogP contribution in [0.1, 0.15) is 22.0 Å². The lowest BCUT2D eigenvalue weighted by molar-refractivity contribution is -0.691. The van der Waals surface area contributed by atoms with Crippen molar-refractivity contribution in [3.63, 3.8) is 0 Å². The van der Waals surface area contributed by atoms with Gasteiger partial charge in [0, 0.05) is 29.3 Å². The van der Waals surface area contributed by atoms with Gasteiger partial charge in [0.2, 0.25) is 11.8 Å². The van der Waals surface area contributed by atoms with Gasteiger partial charge in [0.05, 0.1) is 11.5 Å². The molecule has 0 N–H and O–H groups in total. The van der Waals surface area contributed by atoms with E-state index in [4.69, 9.17) is 12.6 Å². The number of nitrogens with zero attached hydrogens (tertiary/aromatic N) is 3. The Morgan fingerprint density at radius 1 is 1.40 bits per heavy atom. The number of carbonyl (C=O) groups excluding carboxylic acids is 1. The fraction of sp³-hybridized carbons (Fsp3) is 0.167. The van der Waals surface area contributed by atoms with E-state index in [1.54, 1.807) is 54.2 Å². The molecule has 0 saturated heterocycles. The van der Waals surface area contributed by atoms with Gasteiger partial charge in [-0.05, 0) is 12.0 Å². The van der Waals surface area contributed by atoms with Crippen LogP contribution in [0.5, 0.6) is 0 Å². The van der Waals surface area contributed by atoms with Gasteiger partial charge < -0.3 is 17.6 Å². The Bertz CT molecular complexity index is 835. The highest BCUT2D eigenvalue weighted by Gasteiger charge is 2.29. The molecule has 6 nitrogen and oxygen atoms in total. The average Bonchev–Trinajstić information content (AvgIpc) is 2.61. The standard InChI is InChI=1S/C18H17N3O3S/c1-3-9-19-18(25)16(20-10-5-4-6-11-20)17(22)14-8-7-13(2)15(12-14)21(23)24/h3-8,10-12,16H,1,9H2,2H3/t16-/m1/s1. The Morgan fingerprint density at radius 3 is 2.68 bits per heavy atom. The highest BCUT2D eigenvalue weighted by atomic mass is 32.1. The fourth-order valence-electron chi connectivity index (χ4n) is 2.32. The number of aryl methyl sites for hydroxylation is 1. The Hall–Kier alpha value is -2.93. The molecule has 0 aliphatic carbocycles. The number of benzene rings is 1. The van der Waals surface area contributed by atoms with Crippen LogP contribution in [0, 0.1) is 17.0 Å². The average molecular weight is 355 g/mol. The maximum absolute atomic E-state index is 13.0. The second-order valence-corrected chi connectivity index (χ2v) is 5.73. The number of nitro groups is 1. The van der Waals surface area contributed by atoms with Gasteiger partial charge in [-0.3, -0.25) is 14.9 Å². The topological polar surface area (TPSA) is 76.4 Å². The third-order valence-electron chi connectivity index (χ3n) is 3.59. The third kappa shape index (κ3) is 4.33. The molecule has 1 aromatic carbocycles. The number of carbonyl (C=O) groups is 1. The number of pyridine rings is 1. The lowest BCUT2D eigenvalue weighted by atomic mass is 10.0. The number of nitro benzene ring substituents is 1. The number of rotatable bonds is 7. The molecule has 0 amide bonds. The molecule has 0 unspecified atom stereocenters. The lowest BCUT2D eigenvalue weighted by Gasteiger charge is -2.18. The number of Topliss-reactive ketones (excluding diaryl/α,β-unsaturated/α-hetero) is 1. The van der Waals surface area contributed by atoms with Gasteiger partial charge in [-0.2, -0.15) is 4.57 Å². The summed E-state index contributed by atoms with van der Waals surface area (Å²) in [5.74, 6) is -0.350. The summed E-state index contributed by atoms with van der Waals surface area (Å²) in [6.07, 6.45) is 5.00. The quantitative estimate of drug-likeness (QED) is 0.112. The summed E-state index contributed by atoms with van der Waals surface area (Å²) in [4.78, 5) is 27.8. The van der Waals surface area contributed by atoms with E-state index in [0.29, 0.717) is 12.1 Å². The van der Waals surface area contributed by atoms with Crippen molar-refractivity contribution in [3.05, 3.63) is 82.7 Å². The molecule has 1 heterocycles. The van der Waals surface area contributed by atoms with E-state index >= 15 is 0 Å². The van der Waals surface area contributed by atoms with E-state index in [0.717, 1.165) is 0 Å². The zero-order chi connectivity index (χ0) is 18.4. The van der Waals surface area contributed by atoms with Crippen LogP contribution in [-0.2, 0) is 12.6 Å². The summed E-state index contributed by atoms with van der Waals surface area (Å²) in [6, 6.07) is 8.92. The van der Waals surface area contributed by atoms with Crippen LogP contribution in [0.15, 0.2) is 66.4 Å². The van der Waals surface area contributed by atoms with E-state index in [1.807, 2.05) is 6.07 Å². The Kier molecular flexibility index (Phi) is 6.08. The largest absolute Gasteiger partial charge is 0.758 e. The minimum Gasteiger partial charge on any atom is -0.758 e. The number of hydrogen-bond donors (Lipinski definition) is 0. The molecule has 0 spiro atoms. The van der Waals surface area contributed by atoms with Crippen LogP contribution in [0.25, 0.3) is 0 Å². The molecule has 1 atom stereocenters. The van der Waals surface area contributed by atoms with Crippen LogP contribution in [0.3, 0.4) is 0 Å². The molecule has 0 radical (unpaired) electrons. The van der Waals surface area contributed by atoms with E-state index in [1.165, 1.54) is 6.07 Å². The van der Waals surface area contributed by atoms with E-state index in [2.05, 4.69) is 11.6 Å². The second kappa shape index (κ2) is 8.25. The first kappa shape index (κ1) is 18.4. The predicted octanol–water partition coefficient (Wildman–Crippen LogP) is 2.75. The first-order valence-electron chi connectivity index (χ1n) is 7.53.